The minimum absolute atomic E-state index is 0.654. The summed E-state index contributed by atoms with van der Waals surface area (Å²) in [4.78, 5) is 5.20. The molecule has 0 bridgehead atoms. The van der Waals surface area contributed by atoms with E-state index in [1.54, 1.807) is 0 Å². The molecular weight excluding hydrogens is 845 g/mol. The Morgan fingerprint density at radius 2 is 0.870 bits per heavy atom. The zero-order valence-corrected chi connectivity index (χ0v) is 37.0. The SMILES string of the molecule is c1ccc(-c2c[n+](-c3ccccc3)nc(-c3ccc4c5ccccc5c5ccc(-n6c7ccccc7c7cc(-c8ccc9oc%10cc%11c(cc%10c9c8)oc8ccccc8%11)ccc76)cc5c4c3)n2)cc1. The summed E-state index contributed by atoms with van der Waals surface area (Å²) in [7, 11) is 0. The van der Waals surface area contributed by atoms with Gasteiger partial charge in [-0.2, -0.15) is 0 Å². The number of hydrogen-bond acceptors (Lipinski definition) is 4. The van der Waals surface area contributed by atoms with Crippen molar-refractivity contribution >= 4 is 98.0 Å². The van der Waals surface area contributed by atoms with Crippen molar-refractivity contribution in [2.24, 2.45) is 0 Å². The van der Waals surface area contributed by atoms with E-state index in [1.165, 1.54) is 37.7 Å². The summed E-state index contributed by atoms with van der Waals surface area (Å²) in [6, 6.07) is 77.5. The number of nitrogens with zero attached hydrogens (tertiary/aromatic N) is 4. The van der Waals surface area contributed by atoms with Crippen molar-refractivity contribution in [2.75, 3.05) is 0 Å². The molecule has 69 heavy (non-hydrogen) atoms. The second-order valence-electron chi connectivity index (χ2n) is 18.0. The monoisotopic (exact) mass is 881 g/mol. The highest BCUT2D eigenvalue weighted by molar-refractivity contribution is 6.26. The standard InChI is InChI=1S/C63H37N4O2/c1-3-13-38(14-4-1)56-37-66(42-15-5-2-6-16-42)65-63(64-56)41-23-27-46-44-17-7-8-18-45(44)47-28-26-43(34-51(47)50(46)33-41)67-57-21-11-9-19-48(57)52-31-39(24-29-58(52)67)40-25-30-60-53(32-40)55-36-61-54(35-62(55)69-60)49-20-10-12-22-59(49)68-61/h1-37H/q+1. The number of benzene rings is 11. The Balaban J connectivity index is 0.899. The number of furan rings is 2. The Morgan fingerprint density at radius 1 is 0.333 bits per heavy atom. The predicted molar refractivity (Wildman–Crippen MR) is 281 cm³/mol. The Bertz CT molecular complexity index is 4550. The van der Waals surface area contributed by atoms with Crippen molar-refractivity contribution in [2.45, 2.75) is 0 Å². The molecule has 0 aliphatic carbocycles. The molecule has 15 aromatic rings. The van der Waals surface area contributed by atoms with Gasteiger partial charge in [0.2, 0.25) is 17.7 Å². The largest absolute Gasteiger partial charge is 0.456 e. The molecule has 11 aromatic carbocycles. The molecule has 0 N–H and O–H groups in total. The van der Waals surface area contributed by atoms with Crippen molar-refractivity contribution < 1.29 is 13.5 Å². The van der Waals surface area contributed by atoms with E-state index in [-0.39, 0.29) is 0 Å². The summed E-state index contributed by atoms with van der Waals surface area (Å²) < 4.78 is 17.1. The number of aromatic nitrogens is 4. The van der Waals surface area contributed by atoms with Crippen LogP contribution >= 0.6 is 0 Å². The summed E-state index contributed by atoms with van der Waals surface area (Å²) >= 11 is 0. The second kappa shape index (κ2) is 14.6. The van der Waals surface area contributed by atoms with Crippen molar-refractivity contribution in [1.29, 1.82) is 0 Å². The molecule has 0 fully saturated rings. The fraction of sp³-hybridized carbons (Fsp3) is 0. The van der Waals surface area contributed by atoms with E-state index in [1.807, 2.05) is 65.5 Å². The molecule has 0 radical (unpaired) electrons. The number of para-hydroxylation sites is 3. The Hall–Kier alpha value is -9.39. The molecule has 0 aliphatic rings. The van der Waals surface area contributed by atoms with Crippen LogP contribution in [0.4, 0.5) is 0 Å². The van der Waals surface area contributed by atoms with Gasteiger partial charge in [-0.15, -0.1) is 0 Å². The molecule has 0 atom stereocenters. The highest BCUT2D eigenvalue weighted by Gasteiger charge is 2.21. The maximum Gasteiger partial charge on any atom is 0.238 e. The maximum atomic E-state index is 6.45. The highest BCUT2D eigenvalue weighted by atomic mass is 16.3. The van der Waals surface area contributed by atoms with Crippen molar-refractivity contribution in [1.82, 2.24) is 14.6 Å². The van der Waals surface area contributed by atoms with Crippen LogP contribution in [0.1, 0.15) is 0 Å². The van der Waals surface area contributed by atoms with Gasteiger partial charge in [-0.25, -0.2) is 4.98 Å². The number of hydrogen-bond donors (Lipinski definition) is 0. The Kier molecular flexibility index (Phi) is 7.97. The summed E-state index contributed by atoms with van der Waals surface area (Å²) in [5, 5.41) is 18.9. The number of rotatable bonds is 5. The van der Waals surface area contributed by atoms with E-state index in [4.69, 9.17) is 18.9 Å². The van der Waals surface area contributed by atoms with Gasteiger partial charge in [-0.05, 0) is 115 Å². The topological polar surface area (TPSA) is 60.9 Å². The van der Waals surface area contributed by atoms with Gasteiger partial charge in [0.1, 0.15) is 28.0 Å². The molecule has 6 heteroatoms. The van der Waals surface area contributed by atoms with E-state index in [9.17, 15) is 0 Å². The van der Waals surface area contributed by atoms with Crippen LogP contribution in [0.5, 0.6) is 0 Å². The average molecular weight is 882 g/mol. The molecule has 15 rings (SSSR count). The van der Waals surface area contributed by atoms with Gasteiger partial charge >= 0.3 is 0 Å². The van der Waals surface area contributed by atoms with Gasteiger partial charge in [0, 0.05) is 66.4 Å². The lowest BCUT2D eigenvalue weighted by molar-refractivity contribution is -0.658. The first-order chi connectivity index (χ1) is 34.2. The zero-order valence-electron chi connectivity index (χ0n) is 37.0. The average Bonchev–Trinajstić information content (AvgIpc) is 4.08. The van der Waals surface area contributed by atoms with Gasteiger partial charge in [-0.3, -0.25) is 0 Å². The second-order valence-corrected chi connectivity index (χ2v) is 18.0. The van der Waals surface area contributed by atoms with Gasteiger partial charge in [0.05, 0.1) is 11.0 Å². The van der Waals surface area contributed by atoms with E-state index in [0.717, 1.165) is 99.6 Å². The van der Waals surface area contributed by atoms with Gasteiger partial charge < -0.3 is 13.4 Å². The predicted octanol–water partition coefficient (Wildman–Crippen LogP) is 16.1. The van der Waals surface area contributed by atoms with Crippen LogP contribution < -0.4 is 4.68 Å². The van der Waals surface area contributed by atoms with Gasteiger partial charge in [0.15, 0.2) is 0 Å². The van der Waals surface area contributed by atoms with Crippen LogP contribution in [0.2, 0.25) is 0 Å². The lowest BCUT2D eigenvalue weighted by atomic mass is 9.93. The van der Waals surface area contributed by atoms with Crippen LogP contribution in [0.15, 0.2) is 233 Å². The maximum absolute atomic E-state index is 6.45. The molecule has 0 amide bonds. The lowest BCUT2D eigenvalue weighted by Gasteiger charge is -2.14. The summed E-state index contributed by atoms with van der Waals surface area (Å²) in [6.07, 6.45) is 2.01. The van der Waals surface area contributed by atoms with Crippen molar-refractivity contribution in [3.05, 3.63) is 225 Å². The molecule has 0 saturated heterocycles. The van der Waals surface area contributed by atoms with Crippen LogP contribution in [0, 0.1) is 0 Å². The quantitative estimate of drug-likeness (QED) is 0.128. The third kappa shape index (κ3) is 5.82. The van der Waals surface area contributed by atoms with Crippen LogP contribution in [0.3, 0.4) is 0 Å². The van der Waals surface area contributed by atoms with E-state index >= 15 is 0 Å². The van der Waals surface area contributed by atoms with Crippen LogP contribution in [-0.2, 0) is 0 Å². The highest BCUT2D eigenvalue weighted by Crippen LogP contribution is 2.42. The molecule has 4 heterocycles. The normalized spacial score (nSPS) is 12.1. The zero-order chi connectivity index (χ0) is 45.2. The van der Waals surface area contributed by atoms with E-state index in [0.29, 0.717) is 5.82 Å². The molecule has 320 valence electrons. The smallest absolute Gasteiger partial charge is 0.238 e. The third-order valence-electron chi connectivity index (χ3n) is 14.1. The molecule has 0 aliphatic heterocycles. The van der Waals surface area contributed by atoms with Crippen molar-refractivity contribution in [3.63, 3.8) is 0 Å². The third-order valence-corrected chi connectivity index (χ3v) is 14.1. The van der Waals surface area contributed by atoms with Gasteiger partial charge in [0.25, 0.3) is 0 Å². The van der Waals surface area contributed by atoms with Gasteiger partial charge in [-0.1, -0.05) is 140 Å². The fourth-order valence-corrected chi connectivity index (χ4v) is 10.8. The van der Waals surface area contributed by atoms with Crippen LogP contribution in [-0.4, -0.2) is 14.6 Å². The molecule has 0 saturated carbocycles. The fourth-order valence-electron chi connectivity index (χ4n) is 10.8. The molecular formula is C63H37N4O2+. The first-order valence-corrected chi connectivity index (χ1v) is 23.3. The summed E-state index contributed by atoms with van der Waals surface area (Å²) in [5.74, 6) is 0.654. The minimum atomic E-state index is 0.654. The lowest BCUT2D eigenvalue weighted by Crippen LogP contribution is -2.36. The Morgan fingerprint density at radius 3 is 1.65 bits per heavy atom. The molecule has 0 unspecified atom stereocenters. The van der Waals surface area contributed by atoms with Crippen LogP contribution in [0.25, 0.3) is 143 Å². The first-order valence-electron chi connectivity index (χ1n) is 23.3. The first kappa shape index (κ1) is 37.8. The van der Waals surface area contributed by atoms with E-state index < -0.39 is 0 Å². The molecule has 4 aromatic heterocycles. The minimum Gasteiger partial charge on any atom is -0.456 e. The molecule has 0 spiro atoms. The summed E-state index contributed by atoms with van der Waals surface area (Å²) in [6.45, 7) is 0. The summed E-state index contributed by atoms with van der Waals surface area (Å²) in [5.41, 5.74) is 12.9. The van der Waals surface area contributed by atoms with Crippen molar-refractivity contribution in [3.8, 4) is 45.1 Å². The Labute approximate surface area is 394 Å². The molecule has 6 nitrogen and oxygen atoms in total. The number of fused-ring (bicyclic) bond motifs is 15. The van der Waals surface area contributed by atoms with E-state index in [2.05, 4.69) is 168 Å².